The van der Waals surface area contributed by atoms with Gasteiger partial charge in [0.25, 0.3) is 0 Å². The average molecular weight is 245 g/mol. The van der Waals surface area contributed by atoms with E-state index in [1.165, 1.54) is 0 Å². The zero-order chi connectivity index (χ0) is 13.3. The molecule has 0 atom stereocenters. The van der Waals surface area contributed by atoms with Crippen LogP contribution in [-0.4, -0.2) is 73.6 Å². The Morgan fingerprint density at radius 3 is 2.29 bits per heavy atom. The molecule has 0 aliphatic carbocycles. The predicted octanol–water partition coefficient (Wildman–Crippen LogP) is -0.539. The Hall–Kier alpha value is -1.14. The van der Waals surface area contributed by atoms with Crippen LogP contribution in [0.5, 0.6) is 0 Å². The van der Waals surface area contributed by atoms with Crippen LogP contribution in [0.3, 0.4) is 0 Å². The van der Waals surface area contributed by atoms with Gasteiger partial charge in [0.1, 0.15) is 0 Å². The quantitative estimate of drug-likeness (QED) is 0.571. The average Bonchev–Trinajstić information content (AvgIpc) is 2.22. The number of hydrogen-bond donors (Lipinski definition) is 2. The van der Waals surface area contributed by atoms with E-state index in [9.17, 15) is 9.59 Å². The normalized spacial score (nSPS) is 10.9. The number of carboxylic acid groups (broad SMARTS) is 1. The summed E-state index contributed by atoms with van der Waals surface area (Å²) in [4.78, 5) is 25.7. The van der Waals surface area contributed by atoms with Crippen molar-refractivity contribution in [2.24, 2.45) is 0 Å². The molecule has 1 amide bonds. The molecule has 0 unspecified atom stereocenters. The SMILES string of the molecule is CCCNC(=O)CN(CCN(C)C)CC(=O)O. The van der Waals surface area contributed by atoms with Crippen LogP contribution in [0.2, 0.25) is 0 Å². The molecule has 0 radical (unpaired) electrons. The number of amides is 1. The van der Waals surface area contributed by atoms with E-state index >= 15 is 0 Å². The lowest BCUT2D eigenvalue weighted by Crippen LogP contribution is -2.42. The Bertz CT molecular complexity index is 244. The number of nitrogens with zero attached hydrogens (tertiary/aromatic N) is 2. The first-order valence-electron chi connectivity index (χ1n) is 5.81. The van der Waals surface area contributed by atoms with Gasteiger partial charge in [-0.3, -0.25) is 14.5 Å². The second kappa shape index (κ2) is 8.95. The first kappa shape index (κ1) is 15.9. The molecular weight excluding hydrogens is 222 g/mol. The van der Waals surface area contributed by atoms with Gasteiger partial charge in [0.2, 0.25) is 5.91 Å². The molecule has 0 rings (SSSR count). The lowest BCUT2D eigenvalue weighted by Gasteiger charge is -2.21. The van der Waals surface area contributed by atoms with Crippen LogP contribution < -0.4 is 5.32 Å². The maximum absolute atomic E-state index is 11.5. The van der Waals surface area contributed by atoms with Gasteiger partial charge < -0.3 is 15.3 Å². The lowest BCUT2D eigenvalue weighted by atomic mass is 10.4. The van der Waals surface area contributed by atoms with E-state index in [0.29, 0.717) is 13.1 Å². The second-order valence-corrected chi connectivity index (χ2v) is 4.26. The summed E-state index contributed by atoms with van der Waals surface area (Å²) in [7, 11) is 3.83. The molecular formula is C11H23N3O3. The van der Waals surface area contributed by atoms with Crippen molar-refractivity contribution in [2.75, 3.05) is 46.8 Å². The molecule has 0 aliphatic heterocycles. The fourth-order valence-corrected chi connectivity index (χ4v) is 1.27. The highest BCUT2D eigenvalue weighted by Gasteiger charge is 2.13. The van der Waals surface area contributed by atoms with E-state index in [1.54, 1.807) is 4.90 Å². The number of carboxylic acids is 1. The highest BCUT2D eigenvalue weighted by atomic mass is 16.4. The Morgan fingerprint density at radius 1 is 1.18 bits per heavy atom. The van der Waals surface area contributed by atoms with Gasteiger partial charge >= 0.3 is 5.97 Å². The van der Waals surface area contributed by atoms with Crippen LogP contribution in [0.1, 0.15) is 13.3 Å². The molecule has 6 heteroatoms. The third-order valence-electron chi connectivity index (χ3n) is 2.16. The van der Waals surface area contributed by atoms with Gasteiger partial charge in [0, 0.05) is 19.6 Å². The van der Waals surface area contributed by atoms with E-state index in [1.807, 2.05) is 25.9 Å². The summed E-state index contributed by atoms with van der Waals surface area (Å²) in [6.45, 7) is 3.94. The first-order valence-corrected chi connectivity index (χ1v) is 5.81. The first-order chi connectivity index (χ1) is 7.95. The van der Waals surface area contributed by atoms with Crippen molar-refractivity contribution in [2.45, 2.75) is 13.3 Å². The van der Waals surface area contributed by atoms with Gasteiger partial charge in [0.05, 0.1) is 13.1 Å². The van der Waals surface area contributed by atoms with Crippen molar-refractivity contribution in [1.82, 2.24) is 15.1 Å². The summed E-state index contributed by atoms with van der Waals surface area (Å²) in [5.74, 6) is -1.03. The summed E-state index contributed by atoms with van der Waals surface area (Å²) in [6, 6.07) is 0. The molecule has 0 saturated heterocycles. The molecule has 0 aromatic carbocycles. The largest absolute Gasteiger partial charge is 0.480 e. The summed E-state index contributed by atoms with van der Waals surface area (Å²) in [6.07, 6.45) is 0.877. The maximum atomic E-state index is 11.5. The van der Waals surface area contributed by atoms with Gasteiger partial charge in [-0.25, -0.2) is 0 Å². The van der Waals surface area contributed by atoms with Crippen molar-refractivity contribution in [3.05, 3.63) is 0 Å². The third-order valence-corrected chi connectivity index (χ3v) is 2.16. The summed E-state index contributed by atoms with van der Waals surface area (Å²) >= 11 is 0. The van der Waals surface area contributed by atoms with E-state index in [0.717, 1.165) is 13.0 Å². The molecule has 2 N–H and O–H groups in total. The fraction of sp³-hybridized carbons (Fsp3) is 0.818. The van der Waals surface area contributed by atoms with Crippen molar-refractivity contribution in [3.8, 4) is 0 Å². The van der Waals surface area contributed by atoms with E-state index in [2.05, 4.69) is 5.32 Å². The predicted molar refractivity (Wildman–Crippen MR) is 65.9 cm³/mol. The third kappa shape index (κ3) is 9.77. The van der Waals surface area contributed by atoms with Gasteiger partial charge in [-0.2, -0.15) is 0 Å². The van der Waals surface area contributed by atoms with Crippen molar-refractivity contribution >= 4 is 11.9 Å². The van der Waals surface area contributed by atoms with Crippen LogP contribution in [0.4, 0.5) is 0 Å². The van der Waals surface area contributed by atoms with E-state index < -0.39 is 5.97 Å². The summed E-state index contributed by atoms with van der Waals surface area (Å²) in [5.41, 5.74) is 0. The Balaban J connectivity index is 4.08. The monoisotopic (exact) mass is 245 g/mol. The van der Waals surface area contributed by atoms with Crippen LogP contribution in [0.15, 0.2) is 0 Å². The van der Waals surface area contributed by atoms with Crippen LogP contribution in [0.25, 0.3) is 0 Å². The van der Waals surface area contributed by atoms with Gasteiger partial charge in [-0.15, -0.1) is 0 Å². The number of hydrogen-bond acceptors (Lipinski definition) is 4. The van der Waals surface area contributed by atoms with Crippen molar-refractivity contribution < 1.29 is 14.7 Å². The maximum Gasteiger partial charge on any atom is 0.317 e. The van der Waals surface area contributed by atoms with Crippen LogP contribution >= 0.6 is 0 Å². The fourth-order valence-electron chi connectivity index (χ4n) is 1.27. The Morgan fingerprint density at radius 2 is 1.82 bits per heavy atom. The molecule has 6 nitrogen and oxygen atoms in total. The zero-order valence-electron chi connectivity index (χ0n) is 10.9. The number of rotatable bonds is 9. The molecule has 0 aromatic rings. The second-order valence-electron chi connectivity index (χ2n) is 4.26. The van der Waals surface area contributed by atoms with Crippen LogP contribution in [-0.2, 0) is 9.59 Å². The Labute approximate surface area is 103 Å². The lowest BCUT2D eigenvalue weighted by molar-refractivity contribution is -0.138. The number of carbonyl (C=O) groups is 2. The van der Waals surface area contributed by atoms with E-state index in [-0.39, 0.29) is 19.0 Å². The number of aliphatic carboxylic acids is 1. The smallest absolute Gasteiger partial charge is 0.317 e. The molecule has 0 heterocycles. The zero-order valence-corrected chi connectivity index (χ0v) is 10.9. The highest BCUT2D eigenvalue weighted by Crippen LogP contribution is 1.90. The molecule has 0 bridgehead atoms. The highest BCUT2D eigenvalue weighted by molar-refractivity contribution is 5.78. The minimum Gasteiger partial charge on any atom is -0.480 e. The summed E-state index contributed by atoms with van der Waals surface area (Å²) < 4.78 is 0. The number of likely N-dealkylation sites (N-methyl/N-ethyl adjacent to an activating group) is 1. The molecule has 0 aliphatic rings. The Kier molecular flexibility index (Phi) is 8.35. The van der Waals surface area contributed by atoms with Crippen LogP contribution in [0, 0.1) is 0 Å². The molecule has 0 aromatic heterocycles. The number of nitrogens with one attached hydrogen (secondary N) is 1. The van der Waals surface area contributed by atoms with Crippen molar-refractivity contribution in [1.29, 1.82) is 0 Å². The molecule has 0 spiro atoms. The molecule has 100 valence electrons. The minimum absolute atomic E-state index is 0.104. The molecule has 17 heavy (non-hydrogen) atoms. The van der Waals surface area contributed by atoms with Gasteiger partial charge in [0.15, 0.2) is 0 Å². The standard InChI is InChI=1S/C11H23N3O3/c1-4-5-12-10(15)8-14(9-11(16)17)7-6-13(2)3/h4-9H2,1-3H3,(H,12,15)(H,16,17). The van der Waals surface area contributed by atoms with Gasteiger partial charge in [-0.1, -0.05) is 6.92 Å². The van der Waals surface area contributed by atoms with Crippen molar-refractivity contribution in [3.63, 3.8) is 0 Å². The molecule has 0 fully saturated rings. The minimum atomic E-state index is -0.910. The topological polar surface area (TPSA) is 72.9 Å². The summed E-state index contributed by atoms with van der Waals surface area (Å²) in [5, 5.41) is 11.5. The number of carbonyl (C=O) groups excluding carboxylic acids is 1. The van der Waals surface area contributed by atoms with E-state index in [4.69, 9.17) is 5.11 Å². The van der Waals surface area contributed by atoms with Gasteiger partial charge in [-0.05, 0) is 20.5 Å². The molecule has 0 saturated carbocycles.